The molecule has 0 unspecified atom stereocenters. The van der Waals surface area contributed by atoms with E-state index in [-0.39, 0.29) is 16.9 Å². The highest BCUT2D eigenvalue weighted by atomic mass is 16.2. The molecule has 0 fully saturated rings. The third-order valence-corrected chi connectivity index (χ3v) is 2.25. The van der Waals surface area contributed by atoms with Gasteiger partial charge in [0.05, 0.1) is 0 Å². The summed E-state index contributed by atoms with van der Waals surface area (Å²) in [7, 11) is 1.63. The predicted octanol–water partition coefficient (Wildman–Crippen LogP) is 0.232. The van der Waals surface area contributed by atoms with Crippen LogP contribution < -0.4 is 10.7 Å². The van der Waals surface area contributed by atoms with Crippen LogP contribution in [0.3, 0.4) is 0 Å². The van der Waals surface area contributed by atoms with Crippen molar-refractivity contribution in [1.29, 1.82) is 5.26 Å². The Labute approximate surface area is 102 Å². The number of carbonyl (C=O) groups is 1. The van der Waals surface area contributed by atoms with Crippen LogP contribution in [0.1, 0.15) is 15.9 Å². The lowest BCUT2D eigenvalue weighted by Crippen LogP contribution is -2.21. The van der Waals surface area contributed by atoms with Gasteiger partial charge in [0, 0.05) is 31.7 Å². The molecule has 18 heavy (non-hydrogen) atoms. The van der Waals surface area contributed by atoms with Crippen molar-refractivity contribution in [2.75, 3.05) is 5.32 Å². The topological polar surface area (TPSA) is 104 Å². The number of anilines is 1. The minimum absolute atomic E-state index is 0.0351. The average molecular weight is 243 g/mol. The van der Waals surface area contributed by atoms with Crippen LogP contribution in [0.25, 0.3) is 0 Å². The van der Waals surface area contributed by atoms with Crippen molar-refractivity contribution in [3.8, 4) is 6.07 Å². The van der Waals surface area contributed by atoms with Gasteiger partial charge in [-0.2, -0.15) is 10.4 Å². The van der Waals surface area contributed by atoms with Gasteiger partial charge in [-0.25, -0.2) is 0 Å². The zero-order valence-corrected chi connectivity index (χ0v) is 9.47. The quantitative estimate of drug-likeness (QED) is 0.787. The molecule has 0 atom stereocenters. The smallest absolute Gasteiger partial charge is 0.262 e. The molecule has 2 aromatic rings. The predicted molar refractivity (Wildman–Crippen MR) is 62.9 cm³/mol. The fourth-order valence-corrected chi connectivity index (χ4v) is 1.43. The number of hydrogen-bond donors (Lipinski definition) is 2. The van der Waals surface area contributed by atoms with Crippen LogP contribution in [0.5, 0.6) is 0 Å². The number of carbonyl (C=O) groups excluding carboxylic acids is 1. The molecule has 2 N–H and O–H groups in total. The second-order valence-corrected chi connectivity index (χ2v) is 3.55. The molecule has 0 aromatic carbocycles. The van der Waals surface area contributed by atoms with E-state index in [4.69, 9.17) is 5.26 Å². The SMILES string of the molecule is Cn1cc(C#N)c(NC(=O)c2c[nH]ccc2=O)n1. The first-order valence-electron chi connectivity index (χ1n) is 5.04. The van der Waals surface area contributed by atoms with Crippen LogP contribution in [0.2, 0.25) is 0 Å². The molecule has 0 radical (unpaired) electrons. The molecule has 0 spiro atoms. The number of hydrogen-bond acceptors (Lipinski definition) is 4. The number of aryl methyl sites for hydroxylation is 1. The normalized spacial score (nSPS) is 9.78. The van der Waals surface area contributed by atoms with Crippen LogP contribution in [-0.2, 0) is 7.05 Å². The van der Waals surface area contributed by atoms with Crippen molar-refractivity contribution in [2.24, 2.45) is 7.05 Å². The van der Waals surface area contributed by atoms with E-state index in [2.05, 4.69) is 15.4 Å². The largest absolute Gasteiger partial charge is 0.367 e. The lowest BCUT2D eigenvalue weighted by atomic mass is 10.2. The molecular weight excluding hydrogens is 234 g/mol. The highest BCUT2D eigenvalue weighted by Crippen LogP contribution is 2.11. The summed E-state index contributed by atoms with van der Waals surface area (Å²) in [6, 6.07) is 3.15. The summed E-state index contributed by atoms with van der Waals surface area (Å²) in [4.78, 5) is 25.9. The van der Waals surface area contributed by atoms with Crippen LogP contribution in [0.15, 0.2) is 29.5 Å². The van der Waals surface area contributed by atoms with Gasteiger partial charge in [-0.15, -0.1) is 0 Å². The molecule has 0 aliphatic rings. The number of amides is 1. The molecule has 2 heterocycles. The second-order valence-electron chi connectivity index (χ2n) is 3.55. The molecule has 0 aliphatic heterocycles. The average Bonchev–Trinajstić information content (AvgIpc) is 2.70. The monoisotopic (exact) mass is 243 g/mol. The summed E-state index contributed by atoms with van der Waals surface area (Å²) >= 11 is 0. The van der Waals surface area contributed by atoms with Gasteiger partial charge in [-0.05, 0) is 0 Å². The van der Waals surface area contributed by atoms with Gasteiger partial charge in [0.15, 0.2) is 11.2 Å². The van der Waals surface area contributed by atoms with Crippen molar-refractivity contribution >= 4 is 11.7 Å². The zero-order valence-electron chi connectivity index (χ0n) is 9.47. The number of rotatable bonds is 2. The van der Waals surface area contributed by atoms with E-state index in [1.165, 1.54) is 29.3 Å². The maximum Gasteiger partial charge on any atom is 0.262 e. The highest BCUT2D eigenvalue weighted by molar-refractivity contribution is 6.03. The van der Waals surface area contributed by atoms with Gasteiger partial charge in [0.1, 0.15) is 17.2 Å². The Morgan fingerprint density at radius 1 is 1.61 bits per heavy atom. The Morgan fingerprint density at radius 3 is 3.06 bits per heavy atom. The molecule has 90 valence electrons. The van der Waals surface area contributed by atoms with E-state index in [1.54, 1.807) is 7.05 Å². The molecule has 0 saturated carbocycles. The van der Waals surface area contributed by atoms with Crippen molar-refractivity contribution in [3.63, 3.8) is 0 Å². The molecule has 0 aliphatic carbocycles. The third kappa shape index (κ3) is 2.12. The zero-order chi connectivity index (χ0) is 13.1. The fraction of sp³-hybridized carbons (Fsp3) is 0.0909. The molecule has 1 amide bonds. The van der Waals surface area contributed by atoms with E-state index in [0.29, 0.717) is 0 Å². The van der Waals surface area contributed by atoms with Crippen molar-refractivity contribution < 1.29 is 4.79 Å². The van der Waals surface area contributed by atoms with E-state index in [9.17, 15) is 9.59 Å². The van der Waals surface area contributed by atoms with Gasteiger partial charge < -0.3 is 10.3 Å². The Kier molecular flexibility index (Phi) is 2.93. The number of pyridine rings is 1. The number of aromatic amines is 1. The van der Waals surface area contributed by atoms with Gasteiger partial charge in [0.25, 0.3) is 5.91 Å². The summed E-state index contributed by atoms with van der Waals surface area (Å²) in [6.45, 7) is 0. The van der Waals surface area contributed by atoms with E-state index in [1.807, 2.05) is 6.07 Å². The van der Waals surface area contributed by atoms with Crippen LogP contribution in [0.4, 0.5) is 5.82 Å². The Morgan fingerprint density at radius 2 is 2.39 bits per heavy atom. The molecule has 7 nitrogen and oxygen atoms in total. The van der Waals surface area contributed by atoms with Crippen molar-refractivity contribution in [2.45, 2.75) is 0 Å². The standard InChI is InChI=1S/C11H9N5O2/c1-16-6-7(4-12)10(15-16)14-11(18)8-5-13-3-2-9(8)17/h2-3,5-6H,1H3,(H,13,17)(H,14,15,18). The highest BCUT2D eigenvalue weighted by Gasteiger charge is 2.14. The van der Waals surface area contributed by atoms with Crippen molar-refractivity contribution in [3.05, 3.63) is 46.0 Å². The van der Waals surface area contributed by atoms with Gasteiger partial charge in [-0.1, -0.05) is 0 Å². The lowest BCUT2D eigenvalue weighted by molar-refractivity contribution is 0.102. The Balaban J connectivity index is 2.30. The Hall–Kier alpha value is -2.88. The fourth-order valence-electron chi connectivity index (χ4n) is 1.43. The maximum absolute atomic E-state index is 11.8. The Bertz CT molecular complexity index is 692. The van der Waals surface area contributed by atoms with E-state index in [0.717, 1.165) is 0 Å². The summed E-state index contributed by atoms with van der Waals surface area (Å²) in [5.74, 6) is -0.472. The summed E-state index contributed by atoms with van der Waals surface area (Å²) < 4.78 is 1.41. The van der Waals surface area contributed by atoms with Crippen LogP contribution in [-0.4, -0.2) is 20.7 Å². The number of aromatic nitrogens is 3. The van der Waals surface area contributed by atoms with Crippen LogP contribution in [0, 0.1) is 11.3 Å². The first-order valence-corrected chi connectivity index (χ1v) is 5.04. The lowest BCUT2D eigenvalue weighted by Gasteiger charge is -2.01. The molecule has 2 aromatic heterocycles. The molecule has 0 bridgehead atoms. The number of nitrogens with one attached hydrogen (secondary N) is 2. The van der Waals surface area contributed by atoms with E-state index < -0.39 is 11.3 Å². The van der Waals surface area contributed by atoms with Gasteiger partial charge >= 0.3 is 0 Å². The third-order valence-electron chi connectivity index (χ3n) is 2.25. The van der Waals surface area contributed by atoms with Crippen LogP contribution >= 0.6 is 0 Å². The minimum atomic E-state index is -0.605. The number of H-pyrrole nitrogens is 1. The van der Waals surface area contributed by atoms with Gasteiger partial charge in [-0.3, -0.25) is 14.3 Å². The molecule has 7 heteroatoms. The summed E-state index contributed by atoms with van der Waals surface area (Å²) in [6.07, 6.45) is 4.21. The van der Waals surface area contributed by atoms with Gasteiger partial charge in [0.2, 0.25) is 0 Å². The first kappa shape index (κ1) is 11.6. The summed E-state index contributed by atoms with van der Waals surface area (Å²) in [5, 5.41) is 15.2. The summed E-state index contributed by atoms with van der Waals surface area (Å²) in [5.41, 5.74) is -0.203. The molecular formula is C11H9N5O2. The first-order chi connectivity index (χ1) is 8.61. The number of nitriles is 1. The minimum Gasteiger partial charge on any atom is -0.367 e. The molecule has 2 rings (SSSR count). The molecule has 0 saturated heterocycles. The van der Waals surface area contributed by atoms with E-state index >= 15 is 0 Å². The van der Waals surface area contributed by atoms with Crippen molar-refractivity contribution in [1.82, 2.24) is 14.8 Å². The number of nitrogens with zero attached hydrogens (tertiary/aromatic N) is 3. The second kappa shape index (κ2) is 4.55. The maximum atomic E-state index is 11.8.